The van der Waals surface area contributed by atoms with E-state index in [1.165, 1.54) is 30.2 Å². The molecule has 1 N–H and O–H groups in total. The average molecular weight is 367 g/mol. The van der Waals surface area contributed by atoms with Gasteiger partial charge in [0.25, 0.3) is 0 Å². The van der Waals surface area contributed by atoms with Crippen LogP contribution in [0.3, 0.4) is 0 Å². The van der Waals surface area contributed by atoms with Crippen LogP contribution in [0.2, 0.25) is 0 Å². The molecule has 0 radical (unpaired) electrons. The number of nitrogens with zero attached hydrogens (tertiary/aromatic N) is 2. The first-order valence-corrected chi connectivity index (χ1v) is 9.12. The Labute approximate surface area is 147 Å². The van der Waals surface area contributed by atoms with Gasteiger partial charge in [0.2, 0.25) is 11.8 Å². The summed E-state index contributed by atoms with van der Waals surface area (Å²) in [4.78, 5) is 43.3. The number of methoxy groups -OCH3 is 1. The molecule has 0 bridgehead atoms. The average Bonchev–Trinajstić information content (AvgIpc) is 3.18. The van der Waals surface area contributed by atoms with E-state index in [0.717, 1.165) is 10.4 Å². The molecule has 0 aromatic carbocycles. The number of thiophene rings is 1. The Morgan fingerprint density at radius 3 is 2.83 bits per heavy atom. The minimum atomic E-state index is -0.478. The molecule has 0 spiro atoms. The fourth-order valence-corrected chi connectivity index (χ4v) is 4.88. The van der Waals surface area contributed by atoms with Crippen LogP contribution in [0.25, 0.3) is 0 Å². The van der Waals surface area contributed by atoms with Crippen molar-refractivity contribution >= 4 is 51.1 Å². The summed E-state index contributed by atoms with van der Waals surface area (Å²) in [7, 11) is 1.31. The van der Waals surface area contributed by atoms with Crippen LogP contribution < -0.4 is 5.32 Å². The summed E-state index contributed by atoms with van der Waals surface area (Å²) in [5.74, 6) is -0.847. The first kappa shape index (κ1) is 17.0. The van der Waals surface area contributed by atoms with Crippen molar-refractivity contribution < 1.29 is 19.1 Å². The van der Waals surface area contributed by atoms with Crippen LogP contribution in [0.1, 0.15) is 27.2 Å². The minimum absolute atomic E-state index is 0.0512. The molecule has 2 amide bonds. The number of esters is 1. The van der Waals surface area contributed by atoms with E-state index in [-0.39, 0.29) is 18.2 Å². The predicted octanol–water partition coefficient (Wildman–Crippen LogP) is 1.79. The van der Waals surface area contributed by atoms with Gasteiger partial charge in [0.05, 0.1) is 19.2 Å². The number of hydrogen-bond acceptors (Lipinski definition) is 7. The largest absolute Gasteiger partial charge is 0.465 e. The van der Waals surface area contributed by atoms with E-state index < -0.39 is 11.2 Å². The summed E-state index contributed by atoms with van der Waals surface area (Å²) >= 11 is 2.66. The minimum Gasteiger partial charge on any atom is -0.465 e. The second kappa shape index (κ2) is 6.56. The molecular formula is C15H17N3O4S2. The van der Waals surface area contributed by atoms with Gasteiger partial charge in [-0.1, -0.05) is 11.8 Å². The summed E-state index contributed by atoms with van der Waals surface area (Å²) in [6.07, 6.45) is 0.0512. The zero-order chi connectivity index (χ0) is 17.4. The Bertz CT molecular complexity index is 756. The maximum absolute atomic E-state index is 12.3. The number of ether oxygens (including phenoxy) is 1. The molecule has 1 saturated heterocycles. The fraction of sp³-hybridized carbons (Fsp3) is 0.467. The first-order chi connectivity index (χ1) is 11.4. The van der Waals surface area contributed by atoms with Gasteiger partial charge >= 0.3 is 5.97 Å². The van der Waals surface area contributed by atoms with Gasteiger partial charge < -0.3 is 10.1 Å². The number of anilines is 1. The third-order valence-electron chi connectivity index (χ3n) is 3.99. The van der Waals surface area contributed by atoms with Gasteiger partial charge in [0, 0.05) is 17.8 Å². The summed E-state index contributed by atoms with van der Waals surface area (Å²) < 4.78 is 4.79. The molecule has 2 aliphatic rings. The standard InChI is InChI=1S/C15H17N3O4S2/c1-7-8(2)23-12(11(7)14(21)22-3)17-10(19)6-9-13(20)18-5-4-16-15(18)24-9/h9H,4-6H2,1-3H3,(H,17,19)/t9-/m1/s1. The first-order valence-electron chi connectivity index (χ1n) is 7.43. The van der Waals surface area contributed by atoms with Crippen LogP contribution in [0.5, 0.6) is 0 Å². The highest BCUT2D eigenvalue weighted by atomic mass is 32.2. The lowest BCUT2D eigenvalue weighted by molar-refractivity contribution is -0.127. The molecule has 1 aromatic rings. The molecule has 9 heteroatoms. The Morgan fingerprint density at radius 2 is 2.17 bits per heavy atom. The number of hydrogen-bond donors (Lipinski definition) is 1. The van der Waals surface area contributed by atoms with Crippen LogP contribution in [0.15, 0.2) is 4.99 Å². The van der Waals surface area contributed by atoms with E-state index >= 15 is 0 Å². The molecule has 3 heterocycles. The topological polar surface area (TPSA) is 88.1 Å². The van der Waals surface area contributed by atoms with Gasteiger partial charge in [-0.2, -0.15) is 0 Å². The monoisotopic (exact) mass is 367 g/mol. The van der Waals surface area contributed by atoms with Gasteiger partial charge in [-0.05, 0) is 19.4 Å². The number of carbonyl (C=O) groups excluding carboxylic acids is 3. The molecule has 7 nitrogen and oxygen atoms in total. The third kappa shape index (κ3) is 2.93. The second-order valence-corrected chi connectivity index (χ2v) is 7.89. The maximum Gasteiger partial charge on any atom is 0.341 e. The number of aryl methyl sites for hydroxylation is 1. The molecule has 2 aliphatic heterocycles. The zero-order valence-electron chi connectivity index (χ0n) is 13.5. The summed E-state index contributed by atoms with van der Waals surface area (Å²) in [6, 6.07) is 0. The van der Waals surface area contributed by atoms with Crippen molar-refractivity contribution in [3.63, 3.8) is 0 Å². The molecule has 1 atom stereocenters. The zero-order valence-corrected chi connectivity index (χ0v) is 15.2. The molecule has 24 heavy (non-hydrogen) atoms. The SMILES string of the molecule is COC(=O)c1c(NC(=O)C[C@H]2SC3=NCCN3C2=O)sc(C)c1C. The van der Waals surface area contributed by atoms with Crippen molar-refractivity contribution in [2.24, 2.45) is 4.99 Å². The number of thioether (sulfide) groups is 1. The van der Waals surface area contributed by atoms with Crippen LogP contribution in [-0.4, -0.2) is 53.3 Å². The Hall–Kier alpha value is -1.87. The van der Waals surface area contributed by atoms with E-state index in [9.17, 15) is 14.4 Å². The van der Waals surface area contributed by atoms with Crippen molar-refractivity contribution in [1.82, 2.24) is 4.90 Å². The molecular weight excluding hydrogens is 350 g/mol. The van der Waals surface area contributed by atoms with Gasteiger partial charge in [-0.15, -0.1) is 11.3 Å². The van der Waals surface area contributed by atoms with E-state index in [0.29, 0.717) is 28.8 Å². The lowest BCUT2D eigenvalue weighted by atomic mass is 10.1. The third-order valence-corrected chi connectivity index (χ3v) is 6.33. The summed E-state index contributed by atoms with van der Waals surface area (Å²) in [5.41, 5.74) is 1.17. The molecule has 0 unspecified atom stereocenters. The van der Waals surface area contributed by atoms with Crippen LogP contribution in [0.4, 0.5) is 5.00 Å². The molecule has 0 saturated carbocycles. The molecule has 1 fully saturated rings. The quantitative estimate of drug-likeness (QED) is 0.820. The van der Waals surface area contributed by atoms with Crippen molar-refractivity contribution in [2.75, 3.05) is 25.5 Å². The van der Waals surface area contributed by atoms with Crippen molar-refractivity contribution in [2.45, 2.75) is 25.5 Å². The van der Waals surface area contributed by atoms with Crippen molar-refractivity contribution in [3.05, 3.63) is 16.0 Å². The van der Waals surface area contributed by atoms with Crippen molar-refractivity contribution in [3.8, 4) is 0 Å². The lowest BCUT2D eigenvalue weighted by Crippen LogP contribution is -2.32. The van der Waals surface area contributed by atoms with Crippen LogP contribution >= 0.6 is 23.1 Å². The summed E-state index contributed by atoms with van der Waals surface area (Å²) in [5, 5.41) is 3.48. The lowest BCUT2D eigenvalue weighted by Gasteiger charge is -2.10. The predicted molar refractivity (Wildman–Crippen MR) is 93.8 cm³/mol. The number of nitrogens with one attached hydrogen (secondary N) is 1. The Kier molecular flexibility index (Phi) is 4.64. The number of fused-ring (bicyclic) bond motifs is 1. The van der Waals surface area contributed by atoms with Crippen LogP contribution in [0, 0.1) is 13.8 Å². The number of rotatable bonds is 4. The molecule has 128 valence electrons. The molecule has 1 aromatic heterocycles. The van der Waals surface area contributed by atoms with Gasteiger partial charge in [0.15, 0.2) is 5.17 Å². The van der Waals surface area contributed by atoms with E-state index in [4.69, 9.17) is 4.74 Å². The van der Waals surface area contributed by atoms with Crippen molar-refractivity contribution in [1.29, 1.82) is 0 Å². The number of aliphatic imine (C=N–C) groups is 1. The Morgan fingerprint density at radius 1 is 1.42 bits per heavy atom. The number of carbonyl (C=O) groups is 3. The molecule has 0 aliphatic carbocycles. The highest BCUT2D eigenvalue weighted by Gasteiger charge is 2.40. The van der Waals surface area contributed by atoms with E-state index in [2.05, 4.69) is 10.3 Å². The number of amides is 2. The normalized spacial score (nSPS) is 19.3. The molecule has 3 rings (SSSR count). The highest BCUT2D eigenvalue weighted by molar-refractivity contribution is 8.15. The van der Waals surface area contributed by atoms with Gasteiger partial charge in [0.1, 0.15) is 10.3 Å². The van der Waals surface area contributed by atoms with Gasteiger partial charge in [-0.25, -0.2) is 4.79 Å². The van der Waals surface area contributed by atoms with E-state index in [1.54, 1.807) is 4.90 Å². The second-order valence-electron chi connectivity index (χ2n) is 5.49. The van der Waals surface area contributed by atoms with Crippen LogP contribution in [-0.2, 0) is 14.3 Å². The summed E-state index contributed by atoms with van der Waals surface area (Å²) in [6.45, 7) is 4.92. The smallest absolute Gasteiger partial charge is 0.341 e. The highest BCUT2D eigenvalue weighted by Crippen LogP contribution is 2.35. The maximum atomic E-state index is 12.3. The van der Waals surface area contributed by atoms with E-state index in [1.807, 2.05) is 13.8 Å². The Balaban J connectivity index is 1.71. The fourth-order valence-electron chi connectivity index (χ4n) is 2.62. The van der Waals surface area contributed by atoms with Gasteiger partial charge in [-0.3, -0.25) is 19.5 Å². The number of amidine groups is 1.